The Balaban J connectivity index is 2.30. The first kappa shape index (κ1) is 14.0. The van der Waals surface area contributed by atoms with E-state index in [1.54, 1.807) is 12.1 Å². The fourth-order valence-electron chi connectivity index (χ4n) is 1.79. The van der Waals surface area contributed by atoms with Gasteiger partial charge >= 0.3 is 6.03 Å². The quantitative estimate of drug-likeness (QED) is 0.782. The normalized spacial score (nSPS) is 15.8. The highest BCUT2D eigenvalue weighted by atomic mass is 35.5. The lowest BCUT2D eigenvalue weighted by molar-refractivity contribution is 0.250. The van der Waals surface area contributed by atoms with E-state index in [9.17, 15) is 13.2 Å². The van der Waals surface area contributed by atoms with Gasteiger partial charge in [0.2, 0.25) is 10.0 Å². The molecule has 0 saturated heterocycles. The summed E-state index contributed by atoms with van der Waals surface area (Å²) >= 11 is 5.96. The highest BCUT2D eigenvalue weighted by Crippen LogP contribution is 2.38. The van der Waals surface area contributed by atoms with Crippen LogP contribution >= 0.6 is 11.6 Å². The van der Waals surface area contributed by atoms with Crippen LogP contribution in [-0.4, -0.2) is 20.5 Å². The first-order valence-electron chi connectivity index (χ1n) is 5.68. The van der Waals surface area contributed by atoms with E-state index in [-0.39, 0.29) is 11.8 Å². The average molecular weight is 304 g/mol. The molecule has 0 saturated carbocycles. The molecule has 0 bridgehead atoms. The summed E-state index contributed by atoms with van der Waals surface area (Å²) in [4.78, 5) is 11.6. The van der Waals surface area contributed by atoms with Crippen molar-refractivity contribution in [1.82, 2.24) is 5.32 Å². The molecule has 0 spiro atoms. The Labute approximate surface area is 116 Å². The minimum atomic E-state index is -3.42. The molecule has 0 radical (unpaired) electrons. The average Bonchev–Trinajstić information content (AvgIpc) is 2.58. The fraction of sp³-hybridized carbons (Fsp3) is 0.364. The second-order valence-electron chi connectivity index (χ2n) is 4.56. The zero-order valence-electron chi connectivity index (χ0n) is 10.5. The predicted octanol–water partition coefficient (Wildman–Crippen LogP) is 2.13. The van der Waals surface area contributed by atoms with Crippen molar-refractivity contribution < 1.29 is 13.2 Å². The lowest BCUT2D eigenvalue weighted by Gasteiger charge is -2.13. The number of nitrogens with one attached hydrogen (secondary N) is 3. The molecule has 1 aliphatic rings. The molecule has 19 heavy (non-hydrogen) atoms. The number of benzene rings is 1. The molecule has 1 aromatic rings. The van der Waals surface area contributed by atoms with E-state index in [0.717, 1.165) is 0 Å². The van der Waals surface area contributed by atoms with Gasteiger partial charge < -0.3 is 10.6 Å². The molecule has 8 heteroatoms. The van der Waals surface area contributed by atoms with Gasteiger partial charge in [-0.1, -0.05) is 11.6 Å². The van der Waals surface area contributed by atoms with Crippen LogP contribution in [0, 0.1) is 0 Å². The maximum atomic E-state index is 11.6. The summed E-state index contributed by atoms with van der Waals surface area (Å²) in [6.07, 6.45) is 0. The molecular weight excluding hydrogens is 290 g/mol. The lowest BCUT2D eigenvalue weighted by Crippen LogP contribution is -2.34. The van der Waals surface area contributed by atoms with E-state index in [2.05, 4.69) is 15.4 Å². The van der Waals surface area contributed by atoms with Crippen LogP contribution in [0.3, 0.4) is 0 Å². The Bertz CT molecular complexity index is 628. The van der Waals surface area contributed by atoms with Gasteiger partial charge in [-0.2, -0.15) is 0 Å². The number of amides is 2. The first-order chi connectivity index (χ1) is 8.78. The second kappa shape index (κ2) is 4.90. The molecule has 1 heterocycles. The van der Waals surface area contributed by atoms with Crippen molar-refractivity contribution >= 4 is 39.0 Å². The summed E-state index contributed by atoms with van der Waals surface area (Å²) in [5.74, 6) is -0.178. The number of rotatable bonds is 2. The standard InChI is InChI=1S/C11H14ClN3O3S/c1-6(2)13-11(16)14-9-4-3-8(12)7-5-19(17,18)15-10(7)9/h3-4,6,15H,5H2,1-2H3,(H2,13,14,16). The van der Waals surface area contributed by atoms with Crippen molar-refractivity contribution in [2.45, 2.75) is 25.6 Å². The lowest BCUT2D eigenvalue weighted by atomic mass is 10.1. The maximum Gasteiger partial charge on any atom is 0.319 e. The van der Waals surface area contributed by atoms with Crippen LogP contribution in [-0.2, 0) is 15.8 Å². The van der Waals surface area contributed by atoms with Crippen LogP contribution < -0.4 is 15.4 Å². The van der Waals surface area contributed by atoms with Crippen LogP contribution in [0.15, 0.2) is 12.1 Å². The summed E-state index contributed by atoms with van der Waals surface area (Å²) < 4.78 is 25.5. The molecule has 1 aromatic carbocycles. The minimum Gasteiger partial charge on any atom is -0.336 e. The number of hydrogen-bond acceptors (Lipinski definition) is 3. The topological polar surface area (TPSA) is 87.3 Å². The summed E-state index contributed by atoms with van der Waals surface area (Å²) in [6, 6.07) is 2.71. The number of sulfonamides is 1. The van der Waals surface area contributed by atoms with E-state index >= 15 is 0 Å². The zero-order valence-corrected chi connectivity index (χ0v) is 12.0. The van der Waals surface area contributed by atoms with Gasteiger partial charge in [0, 0.05) is 16.6 Å². The van der Waals surface area contributed by atoms with E-state index in [1.165, 1.54) is 0 Å². The molecule has 0 aliphatic carbocycles. The number of urea groups is 1. The van der Waals surface area contributed by atoms with Gasteiger partial charge in [0.1, 0.15) is 0 Å². The van der Waals surface area contributed by atoms with E-state index < -0.39 is 16.1 Å². The molecule has 0 aromatic heterocycles. The van der Waals surface area contributed by atoms with Gasteiger partial charge in [0.15, 0.2) is 0 Å². The van der Waals surface area contributed by atoms with E-state index in [0.29, 0.717) is 22.0 Å². The Morgan fingerprint density at radius 1 is 1.42 bits per heavy atom. The highest BCUT2D eigenvalue weighted by Gasteiger charge is 2.28. The van der Waals surface area contributed by atoms with Crippen LogP contribution in [0.2, 0.25) is 5.02 Å². The number of carbonyl (C=O) groups is 1. The highest BCUT2D eigenvalue weighted by molar-refractivity contribution is 7.92. The molecule has 2 amide bonds. The van der Waals surface area contributed by atoms with Gasteiger partial charge in [-0.15, -0.1) is 0 Å². The summed E-state index contributed by atoms with van der Waals surface area (Å²) in [7, 11) is -3.42. The van der Waals surface area contributed by atoms with Crippen molar-refractivity contribution in [3.05, 3.63) is 22.7 Å². The molecular formula is C11H14ClN3O3S. The smallest absolute Gasteiger partial charge is 0.319 e. The second-order valence-corrected chi connectivity index (χ2v) is 6.69. The molecule has 2 rings (SSSR count). The number of hydrogen-bond donors (Lipinski definition) is 3. The largest absolute Gasteiger partial charge is 0.336 e. The first-order valence-corrected chi connectivity index (χ1v) is 7.71. The number of halogens is 1. The zero-order chi connectivity index (χ0) is 14.2. The maximum absolute atomic E-state index is 11.6. The van der Waals surface area contributed by atoms with Crippen LogP contribution in [0.1, 0.15) is 19.4 Å². The Morgan fingerprint density at radius 2 is 2.11 bits per heavy atom. The summed E-state index contributed by atoms with van der Waals surface area (Å²) in [6.45, 7) is 3.66. The van der Waals surface area contributed by atoms with E-state index in [1.807, 2.05) is 13.8 Å². The molecule has 1 aliphatic heterocycles. The van der Waals surface area contributed by atoms with Crippen LogP contribution in [0.4, 0.5) is 16.2 Å². The van der Waals surface area contributed by atoms with Crippen molar-refractivity contribution in [2.24, 2.45) is 0 Å². The van der Waals surface area contributed by atoms with Gasteiger partial charge in [-0.3, -0.25) is 4.72 Å². The van der Waals surface area contributed by atoms with Crippen molar-refractivity contribution in [2.75, 3.05) is 10.0 Å². The third-order valence-electron chi connectivity index (χ3n) is 2.52. The van der Waals surface area contributed by atoms with Gasteiger partial charge in [0.25, 0.3) is 0 Å². The predicted molar refractivity (Wildman–Crippen MR) is 75.0 cm³/mol. The third-order valence-corrected chi connectivity index (χ3v) is 4.05. The monoisotopic (exact) mass is 303 g/mol. The molecule has 104 valence electrons. The minimum absolute atomic E-state index is 0.0166. The van der Waals surface area contributed by atoms with Gasteiger partial charge in [0.05, 0.1) is 17.1 Å². The van der Waals surface area contributed by atoms with Crippen LogP contribution in [0.25, 0.3) is 0 Å². The molecule has 0 fully saturated rings. The van der Waals surface area contributed by atoms with Crippen molar-refractivity contribution in [3.63, 3.8) is 0 Å². The van der Waals surface area contributed by atoms with Gasteiger partial charge in [-0.25, -0.2) is 13.2 Å². The Morgan fingerprint density at radius 3 is 2.74 bits per heavy atom. The summed E-state index contributed by atoms with van der Waals surface area (Å²) in [5.41, 5.74) is 1.20. The Kier molecular flexibility index (Phi) is 3.60. The molecule has 0 atom stereocenters. The SMILES string of the molecule is CC(C)NC(=O)Nc1ccc(Cl)c2c1NS(=O)(=O)C2. The Hall–Kier alpha value is -1.47. The van der Waals surface area contributed by atoms with Gasteiger partial charge in [-0.05, 0) is 26.0 Å². The van der Waals surface area contributed by atoms with Crippen molar-refractivity contribution in [3.8, 4) is 0 Å². The fourth-order valence-corrected chi connectivity index (χ4v) is 3.39. The number of carbonyl (C=O) groups excluding carboxylic acids is 1. The number of anilines is 2. The molecule has 0 unspecified atom stereocenters. The van der Waals surface area contributed by atoms with Crippen molar-refractivity contribution in [1.29, 1.82) is 0 Å². The van der Waals surface area contributed by atoms with E-state index in [4.69, 9.17) is 11.6 Å². The van der Waals surface area contributed by atoms with Crippen LogP contribution in [0.5, 0.6) is 0 Å². The number of fused-ring (bicyclic) bond motifs is 1. The summed E-state index contributed by atoms with van der Waals surface area (Å²) in [5, 5.41) is 5.62. The third kappa shape index (κ3) is 3.10. The molecule has 3 N–H and O–H groups in total. The molecule has 6 nitrogen and oxygen atoms in total.